The molecule has 1 heterocycles. The fraction of sp³-hybridized carbons (Fsp3) is 0.438. The first-order chi connectivity index (χ1) is 11.5. The second-order valence-corrected chi connectivity index (χ2v) is 7.20. The van der Waals surface area contributed by atoms with Crippen LogP contribution in [0.3, 0.4) is 0 Å². The average molecular weight is 411 g/mol. The molecule has 0 radical (unpaired) electrons. The number of hydrogen-bond acceptors (Lipinski definition) is 4. The van der Waals surface area contributed by atoms with Gasteiger partial charge in [0, 0.05) is 6.04 Å². The van der Waals surface area contributed by atoms with E-state index in [-0.39, 0.29) is 5.91 Å². The van der Waals surface area contributed by atoms with E-state index in [1.807, 2.05) is 29.7 Å². The molecule has 0 bridgehead atoms. The first kappa shape index (κ1) is 17.2. The van der Waals surface area contributed by atoms with Gasteiger partial charge in [-0.25, -0.2) is 0 Å². The van der Waals surface area contributed by atoms with Gasteiger partial charge in [0.25, 0.3) is 5.91 Å². The zero-order valence-electron chi connectivity index (χ0n) is 13.5. The summed E-state index contributed by atoms with van der Waals surface area (Å²) < 4.78 is 9.15. The molecule has 0 spiro atoms. The lowest BCUT2D eigenvalue weighted by Crippen LogP contribution is -2.36. The van der Waals surface area contributed by atoms with Crippen molar-refractivity contribution in [3.8, 4) is 5.75 Å². The number of amides is 1. The van der Waals surface area contributed by atoms with Crippen LogP contribution >= 0.6 is 28.1 Å². The van der Waals surface area contributed by atoms with Gasteiger partial charge in [0.2, 0.25) is 0 Å². The minimum Gasteiger partial charge on any atom is -0.480 e. The van der Waals surface area contributed by atoms with Gasteiger partial charge >= 0.3 is 0 Å². The zero-order chi connectivity index (χ0) is 17.3. The van der Waals surface area contributed by atoms with Crippen LogP contribution in [0.4, 0.5) is 0 Å². The fourth-order valence-electron chi connectivity index (χ4n) is 2.43. The van der Waals surface area contributed by atoms with E-state index in [1.54, 1.807) is 6.92 Å². The highest BCUT2D eigenvalue weighted by Crippen LogP contribution is 2.35. The summed E-state index contributed by atoms with van der Waals surface area (Å²) in [4.78, 5) is 12.3. The maximum absolute atomic E-state index is 12.3. The SMILES string of the molecule is Cc1ccc(OC(C)C(=O)NCc2n[nH]c(=S)n2C2CC2)c(Br)c1. The second-order valence-electron chi connectivity index (χ2n) is 5.96. The molecule has 1 aromatic carbocycles. The first-order valence-electron chi connectivity index (χ1n) is 7.82. The third-order valence-corrected chi connectivity index (χ3v) is 4.78. The Labute approximate surface area is 153 Å². The molecule has 1 saturated carbocycles. The maximum Gasteiger partial charge on any atom is 0.261 e. The Kier molecular flexibility index (Phi) is 5.05. The number of aromatic amines is 1. The lowest BCUT2D eigenvalue weighted by atomic mass is 10.2. The van der Waals surface area contributed by atoms with Crippen LogP contribution in [0.1, 0.15) is 37.2 Å². The number of ether oxygens (including phenoxy) is 1. The summed E-state index contributed by atoms with van der Waals surface area (Å²) in [5.74, 6) is 1.20. The number of benzene rings is 1. The normalized spacial score (nSPS) is 15.1. The van der Waals surface area contributed by atoms with E-state index in [9.17, 15) is 4.79 Å². The van der Waals surface area contributed by atoms with Crippen molar-refractivity contribution in [2.45, 2.75) is 45.4 Å². The summed E-state index contributed by atoms with van der Waals surface area (Å²) in [6.07, 6.45) is 1.60. The molecule has 8 heteroatoms. The van der Waals surface area contributed by atoms with Crippen LogP contribution < -0.4 is 10.1 Å². The molecule has 1 unspecified atom stereocenters. The lowest BCUT2D eigenvalue weighted by Gasteiger charge is -2.16. The smallest absolute Gasteiger partial charge is 0.261 e. The first-order valence-corrected chi connectivity index (χ1v) is 9.02. The number of hydrogen-bond donors (Lipinski definition) is 2. The number of H-pyrrole nitrogens is 1. The van der Waals surface area contributed by atoms with Crippen molar-refractivity contribution in [3.05, 3.63) is 38.8 Å². The Bertz CT molecular complexity index is 813. The molecule has 1 amide bonds. The van der Waals surface area contributed by atoms with Crippen molar-refractivity contribution < 1.29 is 9.53 Å². The molecule has 2 aromatic rings. The third kappa shape index (κ3) is 3.87. The quantitative estimate of drug-likeness (QED) is 0.715. The Hall–Kier alpha value is -1.67. The number of aromatic nitrogens is 3. The van der Waals surface area contributed by atoms with E-state index in [4.69, 9.17) is 17.0 Å². The van der Waals surface area contributed by atoms with Crippen molar-refractivity contribution in [2.75, 3.05) is 0 Å². The van der Waals surface area contributed by atoms with E-state index in [1.165, 1.54) is 0 Å². The van der Waals surface area contributed by atoms with Gasteiger partial charge in [0.05, 0.1) is 11.0 Å². The van der Waals surface area contributed by atoms with Crippen molar-refractivity contribution in [1.29, 1.82) is 0 Å². The van der Waals surface area contributed by atoms with Gasteiger partial charge < -0.3 is 10.1 Å². The molecule has 1 aliphatic rings. The van der Waals surface area contributed by atoms with Crippen LogP contribution in [0, 0.1) is 11.7 Å². The predicted octanol–water partition coefficient (Wildman–Crippen LogP) is 3.43. The minimum atomic E-state index is -0.611. The van der Waals surface area contributed by atoms with Gasteiger partial charge in [-0.05, 0) is 72.5 Å². The number of nitrogens with one attached hydrogen (secondary N) is 2. The van der Waals surface area contributed by atoms with Crippen LogP contribution in [0.15, 0.2) is 22.7 Å². The second kappa shape index (κ2) is 7.06. The van der Waals surface area contributed by atoms with Crippen molar-refractivity contribution in [1.82, 2.24) is 20.1 Å². The highest BCUT2D eigenvalue weighted by Gasteiger charge is 2.27. The largest absolute Gasteiger partial charge is 0.480 e. The van der Waals surface area contributed by atoms with E-state index < -0.39 is 6.10 Å². The Morgan fingerprint density at radius 3 is 3.00 bits per heavy atom. The predicted molar refractivity (Wildman–Crippen MR) is 96.5 cm³/mol. The standard InChI is InChI=1S/C16H19BrN4O2S/c1-9-3-6-13(12(17)7-9)23-10(2)15(22)18-8-14-19-20-16(24)21(14)11-4-5-11/h3,6-7,10-11H,4-5,8H2,1-2H3,(H,18,22)(H,20,24). The van der Waals surface area contributed by atoms with E-state index in [0.29, 0.717) is 23.1 Å². The van der Waals surface area contributed by atoms with Crippen LogP contribution in [-0.4, -0.2) is 26.8 Å². The molecule has 3 rings (SSSR count). The molecule has 128 valence electrons. The van der Waals surface area contributed by atoms with Gasteiger partial charge in [-0.3, -0.25) is 14.5 Å². The molecule has 1 atom stereocenters. The highest BCUT2D eigenvalue weighted by molar-refractivity contribution is 9.10. The van der Waals surface area contributed by atoms with E-state index >= 15 is 0 Å². The number of halogens is 1. The van der Waals surface area contributed by atoms with E-state index in [2.05, 4.69) is 31.4 Å². The van der Waals surface area contributed by atoms with Crippen molar-refractivity contribution in [3.63, 3.8) is 0 Å². The van der Waals surface area contributed by atoms with Gasteiger partial charge in [-0.1, -0.05) is 6.07 Å². The van der Waals surface area contributed by atoms with E-state index in [0.717, 1.165) is 28.7 Å². The fourth-order valence-corrected chi connectivity index (χ4v) is 3.31. The Morgan fingerprint density at radius 2 is 2.33 bits per heavy atom. The lowest BCUT2D eigenvalue weighted by molar-refractivity contribution is -0.127. The Morgan fingerprint density at radius 1 is 1.58 bits per heavy atom. The molecule has 1 aromatic heterocycles. The van der Waals surface area contributed by atoms with Crippen molar-refractivity contribution >= 4 is 34.1 Å². The molecule has 0 aliphatic heterocycles. The van der Waals surface area contributed by atoms with Crippen LogP contribution in [-0.2, 0) is 11.3 Å². The summed E-state index contributed by atoms with van der Waals surface area (Å²) in [7, 11) is 0. The van der Waals surface area contributed by atoms with Crippen LogP contribution in [0.2, 0.25) is 0 Å². The van der Waals surface area contributed by atoms with Gasteiger partial charge in [-0.15, -0.1) is 0 Å². The molecular weight excluding hydrogens is 392 g/mol. The monoisotopic (exact) mass is 410 g/mol. The van der Waals surface area contributed by atoms with Gasteiger partial charge in [-0.2, -0.15) is 5.10 Å². The molecule has 6 nitrogen and oxygen atoms in total. The maximum atomic E-state index is 12.3. The van der Waals surface area contributed by atoms with Gasteiger partial charge in [0.15, 0.2) is 16.7 Å². The van der Waals surface area contributed by atoms with Gasteiger partial charge in [0.1, 0.15) is 5.75 Å². The summed E-state index contributed by atoms with van der Waals surface area (Å²) in [5, 5.41) is 9.85. The molecular formula is C16H19BrN4O2S. The minimum absolute atomic E-state index is 0.196. The summed E-state index contributed by atoms with van der Waals surface area (Å²) in [5.41, 5.74) is 1.12. The third-order valence-electron chi connectivity index (χ3n) is 3.87. The molecule has 1 aliphatic carbocycles. The number of carbonyl (C=O) groups is 1. The number of aryl methyl sites for hydroxylation is 1. The van der Waals surface area contributed by atoms with Crippen LogP contribution in [0.25, 0.3) is 0 Å². The number of carbonyl (C=O) groups excluding carboxylic acids is 1. The van der Waals surface area contributed by atoms with Crippen LogP contribution in [0.5, 0.6) is 5.75 Å². The topological polar surface area (TPSA) is 71.9 Å². The molecule has 0 saturated heterocycles. The summed E-state index contributed by atoms with van der Waals surface area (Å²) in [6.45, 7) is 4.04. The molecule has 24 heavy (non-hydrogen) atoms. The highest BCUT2D eigenvalue weighted by atomic mass is 79.9. The average Bonchev–Trinajstić information content (AvgIpc) is 3.30. The van der Waals surface area contributed by atoms with Crippen molar-refractivity contribution in [2.24, 2.45) is 0 Å². The number of nitrogens with zero attached hydrogens (tertiary/aromatic N) is 2. The summed E-state index contributed by atoms with van der Waals surface area (Å²) in [6, 6.07) is 6.16. The zero-order valence-corrected chi connectivity index (χ0v) is 15.9. The Balaban J connectivity index is 1.59. The molecule has 2 N–H and O–H groups in total. The summed E-state index contributed by atoms with van der Waals surface area (Å²) >= 11 is 8.68. The number of rotatable bonds is 6. The molecule has 1 fully saturated rings.